The van der Waals surface area contributed by atoms with E-state index in [1.54, 1.807) is 18.7 Å². The van der Waals surface area contributed by atoms with Crippen molar-refractivity contribution in [2.45, 2.75) is 31.8 Å². The van der Waals surface area contributed by atoms with Crippen molar-refractivity contribution < 1.29 is 14.7 Å². The van der Waals surface area contributed by atoms with Crippen molar-refractivity contribution >= 4 is 23.6 Å². The van der Waals surface area contributed by atoms with Crippen LogP contribution in [0.3, 0.4) is 0 Å². The van der Waals surface area contributed by atoms with Crippen molar-refractivity contribution in [2.75, 3.05) is 19.1 Å². The molecule has 6 heteroatoms. The number of hydrogen-bond acceptors (Lipinski definition) is 4. The number of nitrogens with zero attached hydrogens (tertiary/aromatic N) is 1. The molecule has 0 aromatic rings. The first-order valence-electron chi connectivity index (χ1n) is 5.19. The van der Waals surface area contributed by atoms with Gasteiger partial charge in [-0.3, -0.25) is 4.79 Å². The Morgan fingerprint density at radius 3 is 2.44 bits per heavy atom. The molecule has 0 aliphatic carbocycles. The number of carbonyl (C=O) groups excluding carboxylic acids is 1. The van der Waals surface area contributed by atoms with Crippen molar-refractivity contribution in [3.05, 3.63) is 0 Å². The topological polar surface area (TPSA) is 83.6 Å². The van der Waals surface area contributed by atoms with E-state index in [4.69, 9.17) is 10.8 Å². The van der Waals surface area contributed by atoms with Crippen molar-refractivity contribution in [1.29, 1.82) is 0 Å². The number of nitrogens with two attached hydrogens (primary N) is 1. The van der Waals surface area contributed by atoms with Crippen molar-refractivity contribution in [1.82, 2.24) is 4.90 Å². The van der Waals surface area contributed by atoms with Crippen LogP contribution in [0.1, 0.15) is 19.8 Å². The Hall–Kier alpha value is -0.750. The Labute approximate surface area is 100 Å². The maximum Gasteiger partial charge on any atom is 0.326 e. The van der Waals surface area contributed by atoms with Crippen LogP contribution in [-0.4, -0.2) is 53.0 Å². The second-order valence-electron chi connectivity index (χ2n) is 3.60. The standard InChI is InChI=1S/C10H20N2O3S/c1-4-8(10(14)15)12(2)9(13)7(11)5-6-16-3/h7-8H,4-6,11H2,1-3H3,(H,14,15)/t7-,8?/m0/s1. The molecule has 0 spiro atoms. The number of amides is 1. The van der Waals surface area contributed by atoms with Gasteiger partial charge in [0, 0.05) is 7.05 Å². The van der Waals surface area contributed by atoms with Crippen LogP contribution in [0.25, 0.3) is 0 Å². The van der Waals surface area contributed by atoms with Crippen LogP contribution >= 0.6 is 11.8 Å². The Morgan fingerprint density at radius 2 is 2.06 bits per heavy atom. The fourth-order valence-corrected chi connectivity index (χ4v) is 1.89. The van der Waals surface area contributed by atoms with E-state index in [-0.39, 0.29) is 5.91 Å². The van der Waals surface area contributed by atoms with Gasteiger partial charge in [0.25, 0.3) is 0 Å². The maximum atomic E-state index is 11.8. The summed E-state index contributed by atoms with van der Waals surface area (Å²) in [4.78, 5) is 23.9. The Morgan fingerprint density at radius 1 is 1.50 bits per heavy atom. The summed E-state index contributed by atoms with van der Waals surface area (Å²) in [6.45, 7) is 1.73. The van der Waals surface area contributed by atoms with E-state index in [0.717, 1.165) is 5.75 Å². The van der Waals surface area contributed by atoms with E-state index in [1.807, 2.05) is 6.26 Å². The minimum atomic E-state index is -0.990. The minimum absolute atomic E-state index is 0.302. The lowest BCUT2D eigenvalue weighted by molar-refractivity contribution is -0.149. The van der Waals surface area contributed by atoms with Crippen LogP contribution in [-0.2, 0) is 9.59 Å². The Bertz CT molecular complexity index is 248. The summed E-state index contributed by atoms with van der Waals surface area (Å²) in [5, 5.41) is 8.91. The van der Waals surface area contributed by atoms with Gasteiger partial charge in [-0.2, -0.15) is 11.8 Å². The summed E-state index contributed by atoms with van der Waals surface area (Å²) in [6, 6.07) is -1.39. The number of rotatable bonds is 7. The van der Waals surface area contributed by atoms with Crippen LogP contribution in [0.2, 0.25) is 0 Å². The molecule has 0 fully saturated rings. The quantitative estimate of drug-likeness (QED) is 0.681. The third kappa shape index (κ3) is 4.40. The van der Waals surface area contributed by atoms with E-state index in [1.165, 1.54) is 11.9 Å². The highest BCUT2D eigenvalue weighted by Crippen LogP contribution is 2.07. The summed E-state index contributed by atoms with van der Waals surface area (Å²) in [6.07, 6.45) is 2.89. The van der Waals surface area contributed by atoms with Crippen LogP contribution in [0.4, 0.5) is 0 Å². The second kappa shape index (κ2) is 7.51. The zero-order chi connectivity index (χ0) is 12.7. The minimum Gasteiger partial charge on any atom is -0.480 e. The van der Waals surface area contributed by atoms with Gasteiger partial charge in [-0.1, -0.05) is 6.92 Å². The molecule has 0 saturated carbocycles. The molecule has 0 aliphatic heterocycles. The molecule has 0 radical (unpaired) electrons. The number of thioether (sulfide) groups is 1. The molecule has 94 valence electrons. The number of carboxylic acids is 1. The lowest BCUT2D eigenvalue weighted by Gasteiger charge is -2.26. The van der Waals surface area contributed by atoms with Gasteiger partial charge >= 0.3 is 5.97 Å². The number of carbonyl (C=O) groups is 2. The fourth-order valence-electron chi connectivity index (χ4n) is 1.40. The smallest absolute Gasteiger partial charge is 0.326 e. The molecule has 0 saturated heterocycles. The molecule has 0 aromatic carbocycles. The van der Waals surface area contributed by atoms with E-state index in [0.29, 0.717) is 12.8 Å². The highest BCUT2D eigenvalue weighted by molar-refractivity contribution is 7.98. The third-order valence-electron chi connectivity index (χ3n) is 2.44. The fraction of sp³-hybridized carbons (Fsp3) is 0.800. The van der Waals surface area contributed by atoms with Crippen molar-refractivity contribution in [3.8, 4) is 0 Å². The predicted molar refractivity (Wildman–Crippen MR) is 65.5 cm³/mol. The summed E-state index contributed by atoms with van der Waals surface area (Å²) < 4.78 is 0. The molecule has 2 atom stereocenters. The average Bonchev–Trinajstić information content (AvgIpc) is 2.24. The number of carboxylic acid groups (broad SMARTS) is 1. The van der Waals surface area contributed by atoms with E-state index >= 15 is 0 Å². The van der Waals surface area contributed by atoms with Crippen LogP contribution in [0, 0.1) is 0 Å². The first-order valence-corrected chi connectivity index (χ1v) is 6.59. The highest BCUT2D eigenvalue weighted by atomic mass is 32.2. The molecule has 0 aromatic heterocycles. The van der Waals surface area contributed by atoms with Gasteiger partial charge in [0.2, 0.25) is 5.91 Å². The molecule has 16 heavy (non-hydrogen) atoms. The van der Waals surface area contributed by atoms with Gasteiger partial charge in [-0.25, -0.2) is 4.79 Å². The summed E-state index contributed by atoms with van der Waals surface area (Å²) >= 11 is 1.61. The number of likely N-dealkylation sites (N-methyl/N-ethyl adjacent to an activating group) is 1. The zero-order valence-electron chi connectivity index (χ0n) is 9.97. The maximum absolute atomic E-state index is 11.8. The third-order valence-corrected chi connectivity index (χ3v) is 3.08. The highest BCUT2D eigenvalue weighted by Gasteiger charge is 2.27. The first-order chi connectivity index (χ1) is 7.45. The van der Waals surface area contributed by atoms with E-state index in [2.05, 4.69) is 0 Å². The number of aliphatic carboxylic acids is 1. The molecule has 0 heterocycles. The summed E-state index contributed by atoms with van der Waals surface area (Å²) in [5.41, 5.74) is 5.70. The molecule has 1 amide bonds. The van der Waals surface area contributed by atoms with Crippen molar-refractivity contribution in [3.63, 3.8) is 0 Å². The molecule has 5 nitrogen and oxygen atoms in total. The lowest BCUT2D eigenvalue weighted by atomic mass is 10.1. The molecule has 0 aliphatic rings. The molecule has 3 N–H and O–H groups in total. The predicted octanol–water partition coefficient (Wildman–Crippen LogP) is 0.388. The first kappa shape index (κ1) is 15.2. The molecular weight excluding hydrogens is 228 g/mol. The normalized spacial score (nSPS) is 14.2. The van der Waals surface area contributed by atoms with E-state index in [9.17, 15) is 9.59 Å². The van der Waals surface area contributed by atoms with E-state index < -0.39 is 18.1 Å². The summed E-state index contributed by atoms with van der Waals surface area (Å²) in [7, 11) is 1.49. The van der Waals surface area contributed by atoms with Gasteiger partial charge in [-0.05, 0) is 24.9 Å². The van der Waals surface area contributed by atoms with Gasteiger partial charge in [0.15, 0.2) is 0 Å². The molecular formula is C10H20N2O3S. The van der Waals surface area contributed by atoms with Crippen LogP contribution in [0.15, 0.2) is 0 Å². The lowest BCUT2D eigenvalue weighted by Crippen LogP contribution is -2.49. The summed E-state index contributed by atoms with van der Waals surface area (Å²) in [5.74, 6) is -0.497. The zero-order valence-corrected chi connectivity index (χ0v) is 10.8. The number of hydrogen-bond donors (Lipinski definition) is 2. The SMILES string of the molecule is CCC(C(=O)O)N(C)C(=O)[C@@H](N)CCSC. The molecule has 0 bridgehead atoms. The van der Waals surface area contributed by atoms with Crippen LogP contribution in [0.5, 0.6) is 0 Å². The molecule has 1 unspecified atom stereocenters. The van der Waals surface area contributed by atoms with Gasteiger partial charge < -0.3 is 15.7 Å². The Kier molecular flexibility index (Phi) is 7.16. The molecule has 0 rings (SSSR count). The van der Waals surface area contributed by atoms with Gasteiger partial charge in [-0.15, -0.1) is 0 Å². The second-order valence-corrected chi connectivity index (χ2v) is 4.58. The Balaban J connectivity index is 4.40. The van der Waals surface area contributed by atoms with Crippen LogP contribution < -0.4 is 5.73 Å². The van der Waals surface area contributed by atoms with Crippen molar-refractivity contribution in [2.24, 2.45) is 5.73 Å². The average molecular weight is 248 g/mol. The monoisotopic (exact) mass is 248 g/mol. The largest absolute Gasteiger partial charge is 0.480 e. The van der Waals surface area contributed by atoms with Gasteiger partial charge in [0.1, 0.15) is 6.04 Å². The van der Waals surface area contributed by atoms with Gasteiger partial charge in [0.05, 0.1) is 6.04 Å².